The molecule has 1 N–H and O–H groups in total. The molecule has 1 aromatic carbocycles. The van der Waals surface area contributed by atoms with E-state index in [2.05, 4.69) is 32.1 Å². The second-order valence-electron chi connectivity index (χ2n) is 11.1. The number of benzene rings is 1. The van der Waals surface area contributed by atoms with Crippen LogP contribution in [0.4, 0.5) is 5.69 Å². The van der Waals surface area contributed by atoms with Gasteiger partial charge >= 0.3 is 0 Å². The van der Waals surface area contributed by atoms with E-state index in [4.69, 9.17) is 11.6 Å². The molecule has 4 aliphatic rings. The number of amides is 2. The van der Waals surface area contributed by atoms with Crippen LogP contribution < -0.4 is 10.2 Å². The van der Waals surface area contributed by atoms with Crippen molar-refractivity contribution in [3.8, 4) is 0 Å². The number of carbonyl (C=O) groups is 2. The predicted octanol–water partition coefficient (Wildman–Crippen LogP) is 4.27. The van der Waals surface area contributed by atoms with Crippen molar-refractivity contribution in [2.45, 2.75) is 69.7 Å². The maximum atomic E-state index is 13.5. The Balaban J connectivity index is 1.21. The van der Waals surface area contributed by atoms with Gasteiger partial charge < -0.3 is 15.1 Å². The Kier molecular flexibility index (Phi) is 7.88. The van der Waals surface area contributed by atoms with Crippen molar-refractivity contribution in [1.29, 1.82) is 0 Å². The van der Waals surface area contributed by atoms with Crippen molar-refractivity contribution >= 4 is 29.1 Å². The minimum atomic E-state index is 0.0954. The van der Waals surface area contributed by atoms with E-state index >= 15 is 0 Å². The summed E-state index contributed by atoms with van der Waals surface area (Å²) in [5.74, 6) is 1.13. The van der Waals surface area contributed by atoms with Crippen LogP contribution in [0.2, 0.25) is 5.02 Å². The minimum absolute atomic E-state index is 0.0954. The third-order valence-electron chi connectivity index (χ3n) is 9.05. The predicted molar refractivity (Wildman–Crippen MR) is 141 cm³/mol. The van der Waals surface area contributed by atoms with Gasteiger partial charge in [0.2, 0.25) is 11.8 Å². The molecule has 4 fully saturated rings. The van der Waals surface area contributed by atoms with Crippen LogP contribution in [-0.2, 0) is 9.59 Å². The summed E-state index contributed by atoms with van der Waals surface area (Å²) >= 11 is 6.43. The van der Waals surface area contributed by atoms with Crippen molar-refractivity contribution in [2.75, 3.05) is 51.2 Å². The second kappa shape index (κ2) is 11.1. The largest absolute Gasteiger partial charge is 0.371 e. The van der Waals surface area contributed by atoms with Crippen LogP contribution in [0.1, 0.15) is 69.3 Å². The molecule has 2 atom stereocenters. The van der Waals surface area contributed by atoms with Crippen molar-refractivity contribution in [2.24, 2.45) is 11.8 Å². The highest BCUT2D eigenvalue weighted by atomic mass is 35.5. The maximum Gasteiger partial charge on any atom is 0.227 e. The molecule has 3 heterocycles. The zero-order valence-electron chi connectivity index (χ0n) is 21.2. The van der Waals surface area contributed by atoms with Gasteiger partial charge in [-0.05, 0) is 62.8 Å². The van der Waals surface area contributed by atoms with Gasteiger partial charge in [0.1, 0.15) is 0 Å². The first kappa shape index (κ1) is 24.9. The Hall–Kier alpha value is -1.79. The van der Waals surface area contributed by atoms with Crippen LogP contribution in [-0.4, -0.2) is 74.0 Å². The van der Waals surface area contributed by atoms with Crippen LogP contribution in [0.25, 0.3) is 0 Å². The monoisotopic (exact) mass is 500 g/mol. The van der Waals surface area contributed by atoms with Crippen molar-refractivity contribution < 1.29 is 9.59 Å². The third-order valence-corrected chi connectivity index (χ3v) is 9.28. The molecule has 6 nitrogen and oxygen atoms in total. The molecule has 5 rings (SSSR count). The average molecular weight is 501 g/mol. The van der Waals surface area contributed by atoms with Crippen molar-refractivity contribution in [1.82, 2.24) is 15.1 Å². The number of hydrogen-bond acceptors (Lipinski definition) is 4. The Morgan fingerprint density at radius 2 is 1.63 bits per heavy atom. The molecule has 0 radical (unpaired) electrons. The van der Waals surface area contributed by atoms with E-state index in [1.54, 1.807) is 7.05 Å². The molecule has 0 bridgehead atoms. The summed E-state index contributed by atoms with van der Waals surface area (Å²) in [6.07, 6.45) is 10.4. The number of likely N-dealkylation sites (tertiary alicyclic amines) is 2. The first-order chi connectivity index (χ1) is 17.0. The summed E-state index contributed by atoms with van der Waals surface area (Å²) in [7, 11) is 1.72. The number of nitrogens with one attached hydrogen (secondary N) is 1. The third kappa shape index (κ3) is 5.48. The molecular formula is C28H41ClN4O2. The Bertz CT molecular complexity index is 910. The molecule has 3 aliphatic heterocycles. The quantitative estimate of drug-likeness (QED) is 0.656. The lowest BCUT2D eigenvalue weighted by atomic mass is 9.92. The van der Waals surface area contributed by atoms with E-state index in [1.807, 2.05) is 6.07 Å². The van der Waals surface area contributed by atoms with Gasteiger partial charge in [-0.1, -0.05) is 36.9 Å². The first-order valence-electron chi connectivity index (χ1n) is 13.8. The van der Waals surface area contributed by atoms with Crippen LogP contribution in [0, 0.1) is 11.8 Å². The van der Waals surface area contributed by atoms with Gasteiger partial charge in [0, 0.05) is 68.4 Å². The molecule has 2 unspecified atom stereocenters. The summed E-state index contributed by atoms with van der Waals surface area (Å²) in [5.41, 5.74) is 2.50. The van der Waals surface area contributed by atoms with Gasteiger partial charge in [0.25, 0.3) is 0 Å². The van der Waals surface area contributed by atoms with Gasteiger partial charge in [0.15, 0.2) is 0 Å². The number of rotatable bonds is 5. The molecule has 3 saturated heterocycles. The molecular weight excluding hydrogens is 460 g/mol. The fourth-order valence-corrected chi connectivity index (χ4v) is 7.13. The zero-order chi connectivity index (χ0) is 24.4. The van der Waals surface area contributed by atoms with Gasteiger partial charge in [-0.3, -0.25) is 14.5 Å². The van der Waals surface area contributed by atoms with Crippen LogP contribution in [0.3, 0.4) is 0 Å². The number of anilines is 1. The summed E-state index contributed by atoms with van der Waals surface area (Å²) in [6, 6.07) is 6.94. The lowest BCUT2D eigenvalue weighted by Gasteiger charge is -2.35. The topological polar surface area (TPSA) is 55.9 Å². The van der Waals surface area contributed by atoms with E-state index in [0.29, 0.717) is 17.9 Å². The molecule has 1 aromatic rings. The van der Waals surface area contributed by atoms with E-state index in [1.165, 1.54) is 43.4 Å². The Morgan fingerprint density at radius 1 is 0.886 bits per heavy atom. The number of halogens is 1. The highest BCUT2D eigenvalue weighted by Crippen LogP contribution is 2.38. The fraction of sp³-hybridized carbons (Fsp3) is 0.714. The number of hydrogen-bond donors (Lipinski definition) is 1. The molecule has 192 valence electrons. The van der Waals surface area contributed by atoms with E-state index < -0.39 is 0 Å². The SMILES string of the molecule is CNC(=O)C1CCN(c2cc(Cl)ccc2C2CCN(C(=O)C3CCN(C4CCCCC4)C3)C2)CC1. The van der Waals surface area contributed by atoms with Crippen LogP contribution in [0.5, 0.6) is 0 Å². The molecule has 0 spiro atoms. The summed E-state index contributed by atoms with van der Waals surface area (Å²) in [6.45, 7) is 5.43. The lowest BCUT2D eigenvalue weighted by molar-refractivity contribution is -0.134. The highest BCUT2D eigenvalue weighted by Gasteiger charge is 2.38. The van der Waals surface area contributed by atoms with E-state index in [0.717, 1.165) is 70.0 Å². The summed E-state index contributed by atoms with van der Waals surface area (Å²) in [5, 5.41) is 3.54. The van der Waals surface area contributed by atoms with Gasteiger partial charge in [-0.25, -0.2) is 0 Å². The van der Waals surface area contributed by atoms with Gasteiger partial charge in [-0.2, -0.15) is 0 Å². The molecule has 35 heavy (non-hydrogen) atoms. The van der Waals surface area contributed by atoms with Crippen molar-refractivity contribution in [3.05, 3.63) is 28.8 Å². The normalized spacial score (nSPS) is 26.9. The maximum absolute atomic E-state index is 13.5. The fourth-order valence-electron chi connectivity index (χ4n) is 6.96. The Morgan fingerprint density at radius 3 is 2.37 bits per heavy atom. The first-order valence-corrected chi connectivity index (χ1v) is 14.2. The average Bonchev–Trinajstić information content (AvgIpc) is 3.59. The lowest BCUT2D eigenvalue weighted by Crippen LogP contribution is -2.40. The molecule has 1 aliphatic carbocycles. The number of piperidine rings is 1. The standard InChI is InChI=1S/C28H41ClN4O2/c1-30-27(34)20-9-13-31(14-10-20)26-17-23(29)7-8-25(26)21-11-16-33(18-21)28(35)22-12-15-32(19-22)24-5-3-2-4-6-24/h7-8,17,20-22,24H,2-6,9-16,18-19H2,1H3,(H,30,34). The summed E-state index contributed by atoms with van der Waals surface area (Å²) in [4.78, 5) is 32.7. The molecule has 0 aromatic heterocycles. The Labute approximate surface area is 215 Å². The zero-order valence-corrected chi connectivity index (χ0v) is 21.9. The second-order valence-corrected chi connectivity index (χ2v) is 11.6. The van der Waals surface area contributed by atoms with Crippen LogP contribution in [0.15, 0.2) is 18.2 Å². The van der Waals surface area contributed by atoms with Gasteiger partial charge in [-0.15, -0.1) is 0 Å². The smallest absolute Gasteiger partial charge is 0.227 e. The van der Waals surface area contributed by atoms with Crippen molar-refractivity contribution in [3.63, 3.8) is 0 Å². The number of nitrogens with zero attached hydrogens (tertiary/aromatic N) is 3. The minimum Gasteiger partial charge on any atom is -0.371 e. The van der Waals surface area contributed by atoms with Crippen LogP contribution >= 0.6 is 11.6 Å². The summed E-state index contributed by atoms with van der Waals surface area (Å²) < 4.78 is 0. The number of carbonyl (C=O) groups excluding carboxylic acids is 2. The van der Waals surface area contributed by atoms with E-state index in [-0.39, 0.29) is 17.7 Å². The van der Waals surface area contributed by atoms with E-state index in [9.17, 15) is 9.59 Å². The molecule has 1 saturated carbocycles. The highest BCUT2D eigenvalue weighted by molar-refractivity contribution is 6.30. The van der Waals surface area contributed by atoms with Gasteiger partial charge in [0.05, 0.1) is 5.92 Å². The molecule has 2 amide bonds. The molecule has 7 heteroatoms.